The Morgan fingerprint density at radius 1 is 0.473 bits per heavy atom. The molecule has 256 valence electrons. The summed E-state index contributed by atoms with van der Waals surface area (Å²) in [6.45, 7) is 0. The van der Waals surface area contributed by atoms with Crippen LogP contribution in [-0.2, 0) is 0 Å². The summed E-state index contributed by atoms with van der Waals surface area (Å²) in [7, 11) is 0. The molecular formula is C50H29N3OS. The van der Waals surface area contributed by atoms with E-state index in [1.165, 1.54) is 32.6 Å². The van der Waals surface area contributed by atoms with Crippen molar-refractivity contribution in [1.29, 1.82) is 0 Å². The fourth-order valence-corrected chi connectivity index (χ4v) is 9.79. The van der Waals surface area contributed by atoms with Gasteiger partial charge in [0.25, 0.3) is 0 Å². The highest BCUT2D eigenvalue weighted by atomic mass is 32.1. The predicted molar refractivity (Wildman–Crippen MR) is 230 cm³/mol. The minimum absolute atomic E-state index is 0.722. The van der Waals surface area contributed by atoms with Gasteiger partial charge in [0.15, 0.2) is 5.82 Å². The molecule has 0 saturated heterocycles. The maximum absolute atomic E-state index is 6.93. The first kappa shape index (κ1) is 30.4. The van der Waals surface area contributed by atoms with Crippen molar-refractivity contribution in [2.75, 3.05) is 0 Å². The number of fused-ring (bicyclic) bond motifs is 10. The summed E-state index contributed by atoms with van der Waals surface area (Å²) >= 11 is 1.76. The van der Waals surface area contributed by atoms with Gasteiger partial charge in [0.2, 0.25) is 0 Å². The first-order valence-electron chi connectivity index (χ1n) is 18.5. The lowest BCUT2D eigenvalue weighted by Crippen LogP contribution is -1.95. The molecule has 5 heteroatoms. The average Bonchev–Trinajstić information content (AvgIpc) is 3.93. The van der Waals surface area contributed by atoms with Crippen LogP contribution in [0.4, 0.5) is 0 Å². The molecule has 0 N–H and O–H groups in total. The maximum Gasteiger partial charge on any atom is 0.160 e. The van der Waals surface area contributed by atoms with Crippen molar-refractivity contribution < 1.29 is 4.42 Å². The third kappa shape index (κ3) is 4.51. The smallest absolute Gasteiger partial charge is 0.160 e. The molecule has 55 heavy (non-hydrogen) atoms. The van der Waals surface area contributed by atoms with Crippen LogP contribution in [0, 0.1) is 0 Å². The standard InChI is InChI=1S/C50H29N3OS/c1-3-14-30(15-4-1)45-49-46(52-50(51-45)31-16-5-2-6-17-31)38-23-13-22-36(48(38)55-49)35-26-27-41(44-37-21-10-12-25-43(37)54-47(35)44)53-40-24-11-9-20-34(40)39-28-32-18-7-8-19-33(32)29-42(39)53/h1-29H. The van der Waals surface area contributed by atoms with Gasteiger partial charge in [0.05, 0.1) is 38.0 Å². The molecule has 4 heterocycles. The van der Waals surface area contributed by atoms with Crippen LogP contribution in [-0.4, -0.2) is 14.5 Å². The largest absolute Gasteiger partial charge is 0.455 e. The van der Waals surface area contributed by atoms with E-state index >= 15 is 0 Å². The zero-order valence-corrected chi connectivity index (χ0v) is 30.2. The van der Waals surface area contributed by atoms with Gasteiger partial charge >= 0.3 is 0 Å². The van der Waals surface area contributed by atoms with Gasteiger partial charge in [-0.25, -0.2) is 9.97 Å². The molecule has 0 atom stereocenters. The van der Waals surface area contributed by atoms with Gasteiger partial charge in [0, 0.05) is 48.5 Å². The molecule has 4 aromatic heterocycles. The number of para-hydroxylation sites is 2. The molecule has 12 rings (SSSR count). The SMILES string of the molecule is c1ccc(-c2nc(-c3ccccc3)c3sc4c(-c5ccc(-n6c7ccccc7c7cc8ccccc8cc76)c6c5oc5ccccc56)cccc4c3n2)cc1. The third-order valence-electron chi connectivity index (χ3n) is 11.0. The molecule has 8 aromatic carbocycles. The van der Waals surface area contributed by atoms with E-state index in [2.05, 4.69) is 156 Å². The monoisotopic (exact) mass is 719 g/mol. The fourth-order valence-electron chi connectivity index (χ4n) is 8.51. The molecule has 0 saturated carbocycles. The lowest BCUT2D eigenvalue weighted by molar-refractivity contribution is 0.670. The number of hydrogen-bond acceptors (Lipinski definition) is 4. The van der Waals surface area contributed by atoms with Crippen LogP contribution in [0.3, 0.4) is 0 Å². The molecule has 4 nitrogen and oxygen atoms in total. The van der Waals surface area contributed by atoms with Crippen LogP contribution in [0.15, 0.2) is 180 Å². The zero-order chi connectivity index (χ0) is 36.0. The van der Waals surface area contributed by atoms with Crippen LogP contribution >= 0.6 is 11.3 Å². The van der Waals surface area contributed by atoms with Crippen LogP contribution in [0.25, 0.3) is 114 Å². The topological polar surface area (TPSA) is 43.9 Å². The molecule has 0 radical (unpaired) electrons. The van der Waals surface area contributed by atoms with Crippen molar-refractivity contribution in [2.45, 2.75) is 0 Å². The van der Waals surface area contributed by atoms with Gasteiger partial charge in [-0.1, -0.05) is 140 Å². The van der Waals surface area contributed by atoms with Crippen LogP contribution in [0.5, 0.6) is 0 Å². The van der Waals surface area contributed by atoms with Crippen LogP contribution in [0.2, 0.25) is 0 Å². The van der Waals surface area contributed by atoms with E-state index in [4.69, 9.17) is 14.4 Å². The summed E-state index contributed by atoms with van der Waals surface area (Å²) < 4.78 is 11.6. The number of rotatable bonds is 4. The number of aromatic nitrogens is 3. The van der Waals surface area contributed by atoms with Crippen molar-refractivity contribution in [1.82, 2.24) is 14.5 Å². The number of nitrogens with zero attached hydrogens (tertiary/aromatic N) is 3. The van der Waals surface area contributed by atoms with Gasteiger partial charge in [0.1, 0.15) is 11.2 Å². The molecule has 0 amide bonds. The van der Waals surface area contributed by atoms with Crippen molar-refractivity contribution in [3.05, 3.63) is 176 Å². The normalized spacial score (nSPS) is 12.0. The third-order valence-corrected chi connectivity index (χ3v) is 12.2. The van der Waals surface area contributed by atoms with Crippen LogP contribution < -0.4 is 0 Å². The molecule has 0 fully saturated rings. The summed E-state index contributed by atoms with van der Waals surface area (Å²) in [4.78, 5) is 10.5. The molecule has 0 bridgehead atoms. The first-order chi connectivity index (χ1) is 27.3. The molecule has 0 aliphatic rings. The number of furan rings is 1. The molecule has 0 aliphatic carbocycles. The minimum Gasteiger partial charge on any atom is -0.455 e. The number of hydrogen-bond donors (Lipinski definition) is 0. The quantitative estimate of drug-likeness (QED) is 0.182. The van der Waals surface area contributed by atoms with Gasteiger partial charge in [-0.2, -0.15) is 0 Å². The van der Waals surface area contributed by atoms with E-state index in [0.717, 1.165) is 81.7 Å². The summed E-state index contributed by atoms with van der Waals surface area (Å²) in [5.41, 5.74) is 11.3. The Morgan fingerprint density at radius 2 is 1.16 bits per heavy atom. The lowest BCUT2D eigenvalue weighted by atomic mass is 9.99. The Labute approximate surface area is 319 Å². The van der Waals surface area contributed by atoms with Crippen molar-refractivity contribution in [3.63, 3.8) is 0 Å². The van der Waals surface area contributed by atoms with E-state index in [9.17, 15) is 0 Å². The summed E-state index contributed by atoms with van der Waals surface area (Å²) in [5.74, 6) is 0.722. The Hall–Kier alpha value is -7.08. The van der Waals surface area contributed by atoms with Gasteiger partial charge in [-0.05, 0) is 47.2 Å². The lowest BCUT2D eigenvalue weighted by Gasteiger charge is -2.13. The highest BCUT2D eigenvalue weighted by Crippen LogP contribution is 2.47. The second-order valence-electron chi connectivity index (χ2n) is 14.1. The molecule has 12 aromatic rings. The fraction of sp³-hybridized carbons (Fsp3) is 0. The van der Waals surface area contributed by atoms with Crippen molar-refractivity contribution >= 4 is 86.2 Å². The molecule has 0 spiro atoms. The van der Waals surface area contributed by atoms with E-state index in [1.54, 1.807) is 11.3 Å². The Balaban J connectivity index is 1.16. The number of benzene rings is 8. The second-order valence-corrected chi connectivity index (χ2v) is 15.1. The van der Waals surface area contributed by atoms with E-state index in [1.807, 2.05) is 24.3 Å². The summed E-state index contributed by atoms with van der Waals surface area (Å²) in [6.07, 6.45) is 0. The van der Waals surface area contributed by atoms with Gasteiger partial charge in [-0.15, -0.1) is 11.3 Å². The van der Waals surface area contributed by atoms with E-state index < -0.39 is 0 Å². The summed E-state index contributed by atoms with van der Waals surface area (Å²) in [6, 6.07) is 62.3. The highest BCUT2D eigenvalue weighted by Gasteiger charge is 2.24. The Bertz CT molecular complexity index is 3490. The predicted octanol–water partition coefficient (Wildman–Crippen LogP) is 14.0. The van der Waals surface area contributed by atoms with E-state index in [0.29, 0.717) is 0 Å². The average molecular weight is 720 g/mol. The second kappa shape index (κ2) is 11.7. The maximum atomic E-state index is 6.93. The van der Waals surface area contributed by atoms with E-state index in [-0.39, 0.29) is 0 Å². The highest BCUT2D eigenvalue weighted by molar-refractivity contribution is 7.26. The van der Waals surface area contributed by atoms with Gasteiger partial charge < -0.3 is 8.98 Å². The Kier molecular flexibility index (Phi) is 6.47. The molecular weight excluding hydrogens is 691 g/mol. The van der Waals surface area contributed by atoms with Gasteiger partial charge in [-0.3, -0.25) is 0 Å². The summed E-state index contributed by atoms with van der Waals surface area (Å²) in [5, 5.41) is 8.21. The molecule has 0 unspecified atom stereocenters. The zero-order valence-electron chi connectivity index (χ0n) is 29.4. The van der Waals surface area contributed by atoms with Crippen LogP contribution in [0.1, 0.15) is 0 Å². The Morgan fingerprint density at radius 3 is 2.00 bits per heavy atom. The minimum atomic E-state index is 0.722. The first-order valence-corrected chi connectivity index (χ1v) is 19.3. The van der Waals surface area contributed by atoms with Crippen molar-refractivity contribution in [3.8, 4) is 39.5 Å². The molecule has 0 aliphatic heterocycles. The van der Waals surface area contributed by atoms with Crippen molar-refractivity contribution in [2.24, 2.45) is 0 Å². The number of thiophene rings is 1.